The van der Waals surface area contributed by atoms with Gasteiger partial charge in [-0.15, -0.1) is 5.10 Å². The Balaban J connectivity index is 1.69. The van der Waals surface area contributed by atoms with E-state index in [1.54, 1.807) is 0 Å². The Morgan fingerprint density at radius 3 is 2.42 bits per heavy atom. The molecule has 1 fully saturated rings. The van der Waals surface area contributed by atoms with Gasteiger partial charge in [0, 0.05) is 45.1 Å². The molecule has 3 heterocycles. The van der Waals surface area contributed by atoms with Gasteiger partial charge in [0.2, 0.25) is 0 Å². The number of piperazine rings is 1. The lowest BCUT2D eigenvalue weighted by atomic mass is 9.99. The summed E-state index contributed by atoms with van der Waals surface area (Å²) >= 11 is 0. The van der Waals surface area contributed by atoms with E-state index < -0.39 is 0 Å². The highest BCUT2D eigenvalue weighted by Crippen LogP contribution is 2.30. The highest BCUT2D eigenvalue weighted by atomic mass is 15.6. The van der Waals surface area contributed by atoms with Crippen molar-refractivity contribution in [3.8, 4) is 0 Å². The third-order valence-corrected chi connectivity index (χ3v) is 4.95. The Morgan fingerprint density at radius 2 is 1.85 bits per heavy atom. The molecule has 0 aliphatic carbocycles. The standard InChI is InChI=1S/C19H31N7/c1-15(2)17(18-21-22-23-26(18)19(3,4)5)25-11-9-24(10-12-25)14-16-7-6-8-20-13-16/h6-8,13,15,17H,9-12,14H2,1-5H3. The van der Waals surface area contributed by atoms with E-state index in [0.29, 0.717) is 5.92 Å². The molecule has 1 saturated heterocycles. The normalized spacial score (nSPS) is 18.4. The van der Waals surface area contributed by atoms with E-state index in [4.69, 9.17) is 0 Å². The second-order valence-corrected chi connectivity index (χ2v) is 8.48. The van der Waals surface area contributed by atoms with Crippen molar-refractivity contribution in [3.63, 3.8) is 0 Å². The lowest BCUT2D eigenvalue weighted by Gasteiger charge is -2.40. The monoisotopic (exact) mass is 357 g/mol. The summed E-state index contributed by atoms with van der Waals surface area (Å²) in [6.07, 6.45) is 3.79. The molecule has 0 N–H and O–H groups in total. The fourth-order valence-corrected chi connectivity index (χ4v) is 3.69. The van der Waals surface area contributed by atoms with Crippen molar-refractivity contribution >= 4 is 0 Å². The van der Waals surface area contributed by atoms with E-state index in [0.717, 1.165) is 38.5 Å². The summed E-state index contributed by atoms with van der Waals surface area (Å²) < 4.78 is 1.99. The average molecular weight is 358 g/mol. The Kier molecular flexibility index (Phi) is 5.67. The van der Waals surface area contributed by atoms with Crippen LogP contribution in [-0.2, 0) is 12.1 Å². The van der Waals surface area contributed by atoms with Crippen LogP contribution in [0.1, 0.15) is 52.0 Å². The van der Waals surface area contributed by atoms with E-state index in [2.05, 4.69) is 71.0 Å². The lowest BCUT2D eigenvalue weighted by Crippen LogP contribution is -2.49. The maximum absolute atomic E-state index is 4.40. The molecule has 0 bridgehead atoms. The molecule has 142 valence electrons. The van der Waals surface area contributed by atoms with Crippen LogP contribution in [0.5, 0.6) is 0 Å². The first-order chi connectivity index (χ1) is 12.4. The minimum absolute atomic E-state index is 0.117. The van der Waals surface area contributed by atoms with Crippen molar-refractivity contribution in [3.05, 3.63) is 35.9 Å². The van der Waals surface area contributed by atoms with E-state index in [-0.39, 0.29) is 11.6 Å². The van der Waals surface area contributed by atoms with Gasteiger partial charge in [0.25, 0.3) is 0 Å². The van der Waals surface area contributed by atoms with E-state index in [1.165, 1.54) is 5.56 Å². The molecule has 0 radical (unpaired) electrons. The minimum atomic E-state index is -0.117. The highest BCUT2D eigenvalue weighted by molar-refractivity contribution is 5.08. The van der Waals surface area contributed by atoms with Crippen LogP contribution in [0, 0.1) is 5.92 Å². The summed E-state index contributed by atoms with van der Waals surface area (Å²) in [7, 11) is 0. The molecule has 7 nitrogen and oxygen atoms in total. The molecule has 7 heteroatoms. The molecule has 1 aliphatic rings. The van der Waals surface area contributed by atoms with Crippen LogP contribution in [0.3, 0.4) is 0 Å². The Morgan fingerprint density at radius 1 is 1.12 bits per heavy atom. The van der Waals surface area contributed by atoms with Crippen LogP contribution in [0.2, 0.25) is 0 Å². The third-order valence-electron chi connectivity index (χ3n) is 4.95. The molecule has 2 aromatic heterocycles. The molecule has 0 spiro atoms. The predicted octanol–water partition coefficient (Wildman–Crippen LogP) is 2.34. The van der Waals surface area contributed by atoms with Gasteiger partial charge in [0.1, 0.15) is 0 Å². The van der Waals surface area contributed by atoms with Crippen LogP contribution in [0.15, 0.2) is 24.5 Å². The number of nitrogens with zero attached hydrogens (tertiary/aromatic N) is 7. The average Bonchev–Trinajstić information content (AvgIpc) is 3.07. The number of pyridine rings is 1. The Hall–Kier alpha value is -1.86. The van der Waals surface area contributed by atoms with Crippen LogP contribution in [-0.4, -0.2) is 61.2 Å². The molecule has 1 unspecified atom stereocenters. The largest absolute Gasteiger partial charge is 0.296 e. The number of tetrazole rings is 1. The zero-order valence-corrected chi connectivity index (χ0v) is 16.6. The van der Waals surface area contributed by atoms with Crippen LogP contribution >= 0.6 is 0 Å². The minimum Gasteiger partial charge on any atom is -0.296 e. The molecular formula is C19H31N7. The zero-order valence-electron chi connectivity index (χ0n) is 16.6. The maximum atomic E-state index is 4.40. The lowest BCUT2D eigenvalue weighted by molar-refractivity contribution is 0.0638. The summed E-state index contributed by atoms with van der Waals surface area (Å²) in [6.45, 7) is 16.1. The topological polar surface area (TPSA) is 63.0 Å². The quantitative estimate of drug-likeness (QED) is 0.818. The molecule has 0 amide bonds. The van der Waals surface area contributed by atoms with E-state index in [9.17, 15) is 0 Å². The molecule has 1 atom stereocenters. The van der Waals surface area contributed by atoms with Crippen molar-refractivity contribution in [2.75, 3.05) is 26.2 Å². The summed E-state index contributed by atoms with van der Waals surface area (Å²) in [4.78, 5) is 9.26. The van der Waals surface area contributed by atoms with Gasteiger partial charge < -0.3 is 0 Å². The van der Waals surface area contributed by atoms with E-state index in [1.807, 2.05) is 23.1 Å². The third kappa shape index (κ3) is 4.27. The first-order valence-electron chi connectivity index (χ1n) is 9.50. The number of hydrogen-bond donors (Lipinski definition) is 0. The van der Waals surface area contributed by atoms with Crippen molar-refractivity contribution < 1.29 is 0 Å². The fourth-order valence-electron chi connectivity index (χ4n) is 3.69. The van der Waals surface area contributed by atoms with Crippen molar-refractivity contribution in [1.82, 2.24) is 35.0 Å². The van der Waals surface area contributed by atoms with Gasteiger partial charge in [-0.1, -0.05) is 19.9 Å². The van der Waals surface area contributed by atoms with Gasteiger partial charge in [0.15, 0.2) is 5.82 Å². The number of hydrogen-bond acceptors (Lipinski definition) is 6. The van der Waals surface area contributed by atoms with Gasteiger partial charge in [0.05, 0.1) is 11.6 Å². The fraction of sp³-hybridized carbons (Fsp3) is 0.684. The Labute approximate surface area is 156 Å². The molecule has 1 aliphatic heterocycles. The Bertz CT molecular complexity index is 681. The summed E-state index contributed by atoms with van der Waals surface area (Å²) in [5.74, 6) is 1.43. The van der Waals surface area contributed by atoms with Gasteiger partial charge in [-0.2, -0.15) is 0 Å². The molecule has 26 heavy (non-hydrogen) atoms. The second-order valence-electron chi connectivity index (χ2n) is 8.48. The van der Waals surface area contributed by atoms with Gasteiger partial charge in [-0.25, -0.2) is 4.68 Å². The summed E-state index contributed by atoms with van der Waals surface area (Å²) in [5, 5.41) is 12.6. The van der Waals surface area contributed by atoms with Crippen LogP contribution in [0.25, 0.3) is 0 Å². The number of aromatic nitrogens is 5. The summed E-state index contributed by atoms with van der Waals surface area (Å²) in [6, 6.07) is 4.39. The first-order valence-corrected chi connectivity index (χ1v) is 9.50. The molecule has 3 rings (SSSR count). The van der Waals surface area contributed by atoms with Gasteiger partial charge >= 0.3 is 0 Å². The van der Waals surface area contributed by atoms with Crippen molar-refractivity contribution in [1.29, 1.82) is 0 Å². The predicted molar refractivity (Wildman–Crippen MR) is 101 cm³/mol. The smallest absolute Gasteiger partial charge is 0.169 e. The van der Waals surface area contributed by atoms with E-state index >= 15 is 0 Å². The first kappa shape index (κ1) is 18.9. The molecule has 0 aromatic carbocycles. The SMILES string of the molecule is CC(C)C(c1nnnn1C(C)(C)C)N1CCN(Cc2cccnc2)CC1. The number of rotatable bonds is 5. The molecular weight excluding hydrogens is 326 g/mol. The van der Waals surface area contributed by atoms with Crippen molar-refractivity contribution in [2.24, 2.45) is 5.92 Å². The molecule has 0 saturated carbocycles. The second kappa shape index (κ2) is 7.80. The van der Waals surface area contributed by atoms with Crippen LogP contribution < -0.4 is 0 Å². The van der Waals surface area contributed by atoms with Crippen molar-refractivity contribution in [2.45, 2.75) is 52.7 Å². The van der Waals surface area contributed by atoms with Gasteiger partial charge in [-0.05, 0) is 48.7 Å². The van der Waals surface area contributed by atoms with Gasteiger partial charge in [-0.3, -0.25) is 14.8 Å². The van der Waals surface area contributed by atoms with Crippen LogP contribution in [0.4, 0.5) is 0 Å². The molecule has 2 aromatic rings. The maximum Gasteiger partial charge on any atom is 0.169 e. The zero-order chi connectivity index (χ0) is 18.7. The summed E-state index contributed by atoms with van der Waals surface area (Å²) in [5.41, 5.74) is 1.16. The highest BCUT2D eigenvalue weighted by Gasteiger charge is 2.33.